The number of benzene rings is 2. The van der Waals surface area contributed by atoms with Gasteiger partial charge >= 0.3 is 0 Å². The summed E-state index contributed by atoms with van der Waals surface area (Å²) in [5, 5.41) is 10.6. The number of carbonyl (C=O) groups is 1. The zero-order valence-corrected chi connectivity index (χ0v) is 25.8. The molecule has 3 heterocycles. The molecule has 4 aromatic rings. The van der Waals surface area contributed by atoms with Crippen LogP contribution in [-0.4, -0.2) is 74.9 Å². The van der Waals surface area contributed by atoms with E-state index < -0.39 is 9.84 Å². The van der Waals surface area contributed by atoms with Gasteiger partial charge in [0.25, 0.3) is 5.91 Å². The number of imidazole rings is 1. The SMILES string of the molecule is COc1cc(S(C)(=O)=O)ccc1NCC#Cc1cc(C(=O)N[C@H]2CCN(C)C[C@@H]2C)c2ncn(Cc3ccsc3)c2c1. The molecule has 9 nitrogen and oxygen atoms in total. The van der Waals surface area contributed by atoms with Crippen molar-refractivity contribution in [1.29, 1.82) is 0 Å². The Bertz CT molecular complexity index is 1750. The smallest absolute Gasteiger partial charge is 0.253 e. The number of nitrogens with one attached hydrogen (secondary N) is 2. The molecule has 2 N–H and O–H groups in total. The molecule has 0 unspecified atom stereocenters. The number of carbonyl (C=O) groups excluding carboxylic acids is 1. The predicted molar refractivity (Wildman–Crippen MR) is 167 cm³/mol. The van der Waals surface area contributed by atoms with Crippen molar-refractivity contribution in [2.75, 3.05) is 45.4 Å². The Morgan fingerprint density at radius 2 is 2.07 bits per heavy atom. The van der Waals surface area contributed by atoms with E-state index in [0.29, 0.717) is 40.5 Å². The number of likely N-dealkylation sites (tertiary alicyclic amines) is 1. The first-order valence-electron chi connectivity index (χ1n) is 13.7. The number of piperidine rings is 1. The van der Waals surface area contributed by atoms with Crippen LogP contribution in [0.15, 0.2) is 58.4 Å². The summed E-state index contributed by atoms with van der Waals surface area (Å²) in [6, 6.07) is 10.7. The third-order valence-electron chi connectivity index (χ3n) is 7.53. The predicted octanol–water partition coefficient (Wildman–Crippen LogP) is 4.09. The molecule has 5 rings (SSSR count). The quantitative estimate of drug-likeness (QED) is 0.292. The van der Waals surface area contributed by atoms with Crippen molar-refractivity contribution in [3.8, 4) is 17.6 Å². The van der Waals surface area contributed by atoms with Gasteiger partial charge in [0, 0.05) is 37.0 Å². The molecule has 0 aliphatic carbocycles. The van der Waals surface area contributed by atoms with Crippen LogP contribution in [0.5, 0.6) is 5.75 Å². The summed E-state index contributed by atoms with van der Waals surface area (Å²) in [6.45, 7) is 4.99. The highest BCUT2D eigenvalue weighted by Crippen LogP contribution is 2.27. The highest BCUT2D eigenvalue weighted by atomic mass is 32.2. The third-order valence-corrected chi connectivity index (χ3v) is 9.37. The molecule has 42 heavy (non-hydrogen) atoms. The monoisotopic (exact) mass is 605 g/mol. The van der Waals surface area contributed by atoms with E-state index >= 15 is 0 Å². The molecule has 2 aromatic carbocycles. The molecule has 0 bridgehead atoms. The second-order valence-corrected chi connectivity index (χ2v) is 13.6. The number of methoxy groups -OCH3 is 1. The third kappa shape index (κ3) is 6.78. The van der Waals surface area contributed by atoms with E-state index in [1.54, 1.807) is 23.7 Å². The Hall–Kier alpha value is -3.85. The number of hydrogen-bond acceptors (Lipinski definition) is 8. The number of sulfone groups is 1. The fourth-order valence-corrected chi connectivity index (χ4v) is 6.56. The van der Waals surface area contributed by atoms with Gasteiger partial charge in [-0.25, -0.2) is 13.4 Å². The van der Waals surface area contributed by atoms with Crippen molar-refractivity contribution >= 4 is 43.8 Å². The van der Waals surface area contributed by atoms with Crippen LogP contribution in [0.2, 0.25) is 0 Å². The lowest BCUT2D eigenvalue weighted by molar-refractivity contribution is 0.0885. The number of fused-ring (bicyclic) bond motifs is 1. The van der Waals surface area contributed by atoms with Crippen LogP contribution in [-0.2, 0) is 16.4 Å². The molecule has 1 saturated heterocycles. The van der Waals surface area contributed by atoms with Crippen LogP contribution >= 0.6 is 11.3 Å². The topological polar surface area (TPSA) is 106 Å². The lowest BCUT2D eigenvalue weighted by Gasteiger charge is -2.35. The fourth-order valence-electron chi connectivity index (χ4n) is 5.26. The molecule has 2 aromatic heterocycles. The Morgan fingerprint density at radius 3 is 2.79 bits per heavy atom. The van der Waals surface area contributed by atoms with Gasteiger partial charge in [0.1, 0.15) is 11.3 Å². The summed E-state index contributed by atoms with van der Waals surface area (Å²) < 4.78 is 31.2. The van der Waals surface area contributed by atoms with E-state index in [-0.39, 0.29) is 23.4 Å². The molecular formula is C31H35N5O4S2. The minimum absolute atomic E-state index is 0.0969. The number of amides is 1. The van der Waals surface area contributed by atoms with Gasteiger partial charge in [0.05, 0.1) is 41.6 Å². The summed E-state index contributed by atoms with van der Waals surface area (Å²) in [5.74, 6) is 6.94. The second-order valence-electron chi connectivity index (χ2n) is 10.8. The van der Waals surface area contributed by atoms with Crippen LogP contribution in [0.4, 0.5) is 5.69 Å². The zero-order valence-electron chi connectivity index (χ0n) is 24.2. The van der Waals surface area contributed by atoms with Crippen molar-refractivity contribution in [2.45, 2.75) is 30.8 Å². The van der Waals surface area contributed by atoms with E-state index in [2.05, 4.69) is 57.8 Å². The average Bonchev–Trinajstić information content (AvgIpc) is 3.62. The van der Waals surface area contributed by atoms with Crippen molar-refractivity contribution in [3.05, 3.63) is 70.2 Å². The van der Waals surface area contributed by atoms with E-state index in [1.165, 1.54) is 24.8 Å². The molecular weight excluding hydrogens is 571 g/mol. The summed E-state index contributed by atoms with van der Waals surface area (Å²) in [6.07, 6.45) is 3.84. The Labute approximate surface area is 250 Å². The van der Waals surface area contributed by atoms with Crippen LogP contribution in [0.25, 0.3) is 11.0 Å². The first-order valence-corrected chi connectivity index (χ1v) is 16.6. The maximum absolute atomic E-state index is 13.6. The Morgan fingerprint density at radius 1 is 1.24 bits per heavy atom. The summed E-state index contributed by atoms with van der Waals surface area (Å²) >= 11 is 1.64. The molecule has 0 saturated carbocycles. The van der Waals surface area contributed by atoms with Gasteiger partial charge in [-0.3, -0.25) is 4.79 Å². The van der Waals surface area contributed by atoms with E-state index in [9.17, 15) is 13.2 Å². The van der Waals surface area contributed by atoms with E-state index in [0.717, 1.165) is 31.3 Å². The number of rotatable bonds is 8. The van der Waals surface area contributed by atoms with Crippen molar-refractivity contribution < 1.29 is 17.9 Å². The summed E-state index contributed by atoms with van der Waals surface area (Å²) in [7, 11) is 0.249. The molecule has 1 aliphatic heterocycles. The average molecular weight is 606 g/mol. The zero-order chi connectivity index (χ0) is 29.9. The van der Waals surface area contributed by atoms with Gasteiger partial charge in [-0.1, -0.05) is 18.8 Å². The first-order chi connectivity index (χ1) is 20.1. The van der Waals surface area contributed by atoms with Crippen LogP contribution < -0.4 is 15.4 Å². The number of hydrogen-bond donors (Lipinski definition) is 2. The number of aromatic nitrogens is 2. The first kappa shape index (κ1) is 29.6. The summed E-state index contributed by atoms with van der Waals surface area (Å²) in [5.41, 5.74) is 4.52. The van der Waals surface area contributed by atoms with Gasteiger partial charge in [-0.2, -0.15) is 11.3 Å². The van der Waals surface area contributed by atoms with Gasteiger partial charge in [0.2, 0.25) is 0 Å². The maximum atomic E-state index is 13.6. The van der Waals surface area contributed by atoms with E-state index in [4.69, 9.17) is 4.74 Å². The lowest BCUT2D eigenvalue weighted by atomic mass is 9.93. The van der Waals surface area contributed by atoms with Gasteiger partial charge < -0.3 is 24.8 Å². The molecule has 2 atom stereocenters. The maximum Gasteiger partial charge on any atom is 0.253 e. The standard InChI is InChI=1S/C31H35N5O4S2/c1-21-17-35(2)12-9-26(21)34-31(37)25-14-22(15-28-30(25)33-20-36(28)18-23-10-13-41-19-23)6-5-11-32-27-8-7-24(42(4,38)39)16-29(27)40-3/h7-8,10,13-16,19-21,26,32H,9,11-12,17-18H2,1-4H3,(H,34,37)/t21-,26-/m0/s1. The Kier molecular flexibility index (Phi) is 8.87. The fraction of sp³-hybridized carbons (Fsp3) is 0.355. The Balaban J connectivity index is 1.41. The lowest BCUT2D eigenvalue weighted by Crippen LogP contribution is -2.48. The highest BCUT2D eigenvalue weighted by Gasteiger charge is 2.27. The van der Waals surface area contributed by atoms with Gasteiger partial charge in [-0.05, 0) is 72.6 Å². The molecule has 1 aliphatic rings. The van der Waals surface area contributed by atoms with Gasteiger partial charge in [0.15, 0.2) is 9.84 Å². The minimum atomic E-state index is -3.35. The molecule has 0 radical (unpaired) electrons. The van der Waals surface area contributed by atoms with Crippen LogP contribution in [0.1, 0.15) is 34.8 Å². The normalized spacial score (nSPS) is 17.4. The number of anilines is 1. The minimum Gasteiger partial charge on any atom is -0.495 e. The second kappa shape index (κ2) is 12.6. The van der Waals surface area contributed by atoms with Crippen LogP contribution in [0, 0.1) is 17.8 Å². The van der Waals surface area contributed by atoms with Crippen molar-refractivity contribution in [2.24, 2.45) is 5.92 Å². The molecule has 1 fully saturated rings. The van der Waals surface area contributed by atoms with Gasteiger partial charge in [-0.15, -0.1) is 0 Å². The van der Waals surface area contributed by atoms with Crippen LogP contribution in [0.3, 0.4) is 0 Å². The number of nitrogens with zero attached hydrogens (tertiary/aromatic N) is 3. The highest BCUT2D eigenvalue weighted by molar-refractivity contribution is 7.90. The molecule has 11 heteroatoms. The van der Waals surface area contributed by atoms with Crippen molar-refractivity contribution in [1.82, 2.24) is 19.8 Å². The molecule has 0 spiro atoms. The molecule has 220 valence electrons. The summed E-state index contributed by atoms with van der Waals surface area (Å²) in [4.78, 5) is 20.7. The van der Waals surface area contributed by atoms with Crippen molar-refractivity contribution in [3.63, 3.8) is 0 Å². The number of thiophene rings is 1. The number of ether oxygens (including phenoxy) is 1. The van der Waals surface area contributed by atoms with E-state index in [1.807, 2.05) is 22.1 Å². The largest absolute Gasteiger partial charge is 0.495 e. The molecule has 1 amide bonds.